The second-order valence-corrected chi connectivity index (χ2v) is 2.64. The molecule has 0 aliphatic carbocycles. The van der Waals surface area contributed by atoms with Crippen molar-refractivity contribution in [3.05, 3.63) is 11.6 Å². The molecule has 0 atom stereocenters. The van der Waals surface area contributed by atoms with Crippen molar-refractivity contribution < 1.29 is 0 Å². The van der Waals surface area contributed by atoms with E-state index in [1.807, 2.05) is 0 Å². The van der Waals surface area contributed by atoms with Crippen molar-refractivity contribution in [1.29, 1.82) is 0 Å². The summed E-state index contributed by atoms with van der Waals surface area (Å²) in [5, 5.41) is 7.93. The Morgan fingerprint density at radius 1 is 1.00 bits per heavy atom. The Morgan fingerprint density at radius 2 is 1.45 bits per heavy atom. The molecule has 1 rings (SSSR count). The monoisotopic (exact) mass is 152 g/mol. The largest absolute Gasteiger partial charge is 0.367 e. The van der Waals surface area contributed by atoms with Crippen LogP contribution in [-0.4, -0.2) is 10.2 Å². The number of nitrogens with zero attached hydrogens (tertiary/aromatic N) is 3. The van der Waals surface area contributed by atoms with Gasteiger partial charge in [0, 0.05) is 0 Å². The average Bonchev–Trinajstić information content (AvgIpc) is 2.38. The summed E-state index contributed by atoms with van der Waals surface area (Å²) < 4.78 is 0. The highest BCUT2D eigenvalue weighted by molar-refractivity contribution is 4.89. The van der Waals surface area contributed by atoms with E-state index >= 15 is 0 Å². The second kappa shape index (κ2) is 4.11. The van der Waals surface area contributed by atoms with Gasteiger partial charge in [0.15, 0.2) is 0 Å². The third kappa shape index (κ3) is 2.33. The fraction of sp³-hybridized carbons (Fsp3) is 0.750. The van der Waals surface area contributed by atoms with Gasteiger partial charge in [-0.25, -0.2) is 0 Å². The minimum absolute atomic E-state index is 0.899. The lowest BCUT2D eigenvalue weighted by molar-refractivity contribution is 0.827. The fourth-order valence-corrected chi connectivity index (χ4v) is 0.968. The minimum Gasteiger partial charge on any atom is -0.367 e. The van der Waals surface area contributed by atoms with Gasteiger partial charge in [-0.2, -0.15) is 0 Å². The first kappa shape index (κ1) is 8.24. The quantitative estimate of drug-likeness (QED) is 0.653. The summed E-state index contributed by atoms with van der Waals surface area (Å²) in [5.41, 5.74) is 0. The van der Waals surface area contributed by atoms with Gasteiger partial charge in [-0.3, -0.25) is 0 Å². The summed E-state index contributed by atoms with van der Waals surface area (Å²) >= 11 is 0. The van der Waals surface area contributed by atoms with E-state index < -0.39 is 0 Å². The van der Waals surface area contributed by atoms with Gasteiger partial charge in [-0.05, 0) is 24.5 Å². The van der Waals surface area contributed by atoms with Crippen molar-refractivity contribution >= 4 is 0 Å². The molecule has 0 spiro atoms. The van der Waals surface area contributed by atoms with Crippen LogP contribution in [0, 0.1) is 0 Å². The Morgan fingerprint density at radius 3 is 1.82 bits per heavy atom. The lowest BCUT2D eigenvalue weighted by atomic mass is 10.3. The molecule has 1 aromatic heterocycles. The van der Waals surface area contributed by atoms with Crippen molar-refractivity contribution in [3.8, 4) is 0 Å². The lowest BCUT2D eigenvalue weighted by Crippen LogP contribution is -1.90. The summed E-state index contributed by atoms with van der Waals surface area (Å²) in [5.74, 6) is 1.80. The molecule has 0 saturated carbocycles. The van der Waals surface area contributed by atoms with E-state index in [1.54, 1.807) is 0 Å². The van der Waals surface area contributed by atoms with E-state index in [0.717, 1.165) is 37.3 Å². The molecule has 3 nitrogen and oxygen atoms in total. The number of aryl methyl sites for hydroxylation is 2. The van der Waals surface area contributed by atoms with Crippen molar-refractivity contribution in [2.24, 2.45) is 0 Å². The second-order valence-electron chi connectivity index (χ2n) is 2.64. The van der Waals surface area contributed by atoms with Gasteiger partial charge in [0.2, 0.25) is 0 Å². The van der Waals surface area contributed by atoms with Crippen molar-refractivity contribution in [2.45, 2.75) is 39.5 Å². The molecular formula is C8H14N3-. The predicted octanol–water partition coefficient (Wildman–Crippen LogP) is 1.34. The van der Waals surface area contributed by atoms with Crippen LogP contribution in [0.15, 0.2) is 0 Å². The highest BCUT2D eigenvalue weighted by Gasteiger charge is 1.89. The highest BCUT2D eigenvalue weighted by Crippen LogP contribution is 1.97. The van der Waals surface area contributed by atoms with Crippen molar-refractivity contribution in [1.82, 2.24) is 15.2 Å². The summed E-state index contributed by atoms with van der Waals surface area (Å²) in [6.45, 7) is 4.24. The number of rotatable bonds is 4. The fourth-order valence-electron chi connectivity index (χ4n) is 0.968. The zero-order valence-electron chi connectivity index (χ0n) is 7.17. The van der Waals surface area contributed by atoms with Gasteiger partial charge >= 0.3 is 0 Å². The van der Waals surface area contributed by atoms with E-state index in [1.165, 1.54) is 0 Å². The number of hydrogen-bond acceptors (Lipinski definition) is 2. The maximum Gasteiger partial charge on any atom is -0.0102 e. The van der Waals surface area contributed by atoms with Crippen LogP contribution in [0.25, 0.3) is 0 Å². The van der Waals surface area contributed by atoms with Gasteiger partial charge in [0.1, 0.15) is 0 Å². The van der Waals surface area contributed by atoms with Gasteiger partial charge in [-0.1, -0.05) is 26.7 Å². The highest BCUT2D eigenvalue weighted by atomic mass is 15.2. The Kier molecular flexibility index (Phi) is 3.08. The van der Waals surface area contributed by atoms with E-state index in [4.69, 9.17) is 0 Å². The Labute approximate surface area is 67.2 Å². The van der Waals surface area contributed by atoms with Crippen molar-refractivity contribution in [2.75, 3.05) is 0 Å². The van der Waals surface area contributed by atoms with Crippen LogP contribution in [0.5, 0.6) is 0 Å². The van der Waals surface area contributed by atoms with Crippen LogP contribution >= 0.6 is 0 Å². The summed E-state index contributed by atoms with van der Waals surface area (Å²) in [6, 6.07) is 0. The SMILES string of the molecule is CCCc1nnc(CCC)[n-]1. The first-order valence-corrected chi connectivity index (χ1v) is 4.22. The zero-order chi connectivity index (χ0) is 8.10. The van der Waals surface area contributed by atoms with E-state index in [-0.39, 0.29) is 0 Å². The maximum atomic E-state index is 4.27. The molecule has 0 radical (unpaired) electrons. The van der Waals surface area contributed by atoms with Gasteiger partial charge in [0.05, 0.1) is 0 Å². The van der Waals surface area contributed by atoms with Crippen LogP contribution in [0.2, 0.25) is 0 Å². The third-order valence-electron chi connectivity index (χ3n) is 1.49. The molecule has 0 unspecified atom stereocenters. The maximum absolute atomic E-state index is 4.27. The average molecular weight is 152 g/mol. The van der Waals surface area contributed by atoms with Crippen LogP contribution in [0.1, 0.15) is 38.3 Å². The molecule has 0 aliphatic heterocycles. The molecule has 0 aliphatic rings. The van der Waals surface area contributed by atoms with Crippen LogP contribution in [-0.2, 0) is 12.8 Å². The summed E-state index contributed by atoms with van der Waals surface area (Å²) in [4.78, 5) is 4.27. The van der Waals surface area contributed by atoms with Gasteiger partial charge < -0.3 is 15.2 Å². The molecule has 62 valence electrons. The molecule has 0 amide bonds. The normalized spacial score (nSPS) is 10.4. The molecule has 0 N–H and O–H groups in total. The van der Waals surface area contributed by atoms with E-state index in [2.05, 4.69) is 29.0 Å². The molecule has 0 aromatic carbocycles. The molecule has 1 heterocycles. The Balaban J connectivity index is 2.51. The molecule has 0 fully saturated rings. The molecule has 1 aromatic rings. The standard InChI is InChI=1S/C8H14N3/c1-3-5-7-9-8(6-4-2)11-10-7/h3-6H2,1-2H3/q-1. The third-order valence-corrected chi connectivity index (χ3v) is 1.49. The number of hydrogen-bond donors (Lipinski definition) is 0. The van der Waals surface area contributed by atoms with Crippen LogP contribution in [0.3, 0.4) is 0 Å². The van der Waals surface area contributed by atoms with Crippen LogP contribution < -0.4 is 4.98 Å². The lowest BCUT2D eigenvalue weighted by Gasteiger charge is -1.95. The predicted molar refractivity (Wildman–Crippen MR) is 43.3 cm³/mol. The molecule has 0 bridgehead atoms. The van der Waals surface area contributed by atoms with Gasteiger partial charge in [-0.15, -0.1) is 0 Å². The van der Waals surface area contributed by atoms with Crippen molar-refractivity contribution in [3.63, 3.8) is 0 Å². The smallest absolute Gasteiger partial charge is 0.0102 e. The first-order chi connectivity index (χ1) is 5.36. The Bertz CT molecular complexity index is 184. The minimum atomic E-state index is 0.899. The van der Waals surface area contributed by atoms with Gasteiger partial charge in [0.25, 0.3) is 0 Å². The van der Waals surface area contributed by atoms with E-state index in [9.17, 15) is 0 Å². The topological polar surface area (TPSA) is 39.9 Å². The van der Waals surface area contributed by atoms with Crippen LogP contribution in [0.4, 0.5) is 0 Å². The summed E-state index contributed by atoms with van der Waals surface area (Å²) in [6.07, 6.45) is 4.10. The number of aromatic nitrogens is 3. The Hall–Kier alpha value is -0.860. The summed E-state index contributed by atoms with van der Waals surface area (Å²) in [7, 11) is 0. The molecular weight excluding hydrogens is 138 g/mol. The van der Waals surface area contributed by atoms with E-state index in [0.29, 0.717) is 0 Å². The molecule has 0 saturated heterocycles. The zero-order valence-corrected chi connectivity index (χ0v) is 7.17. The first-order valence-electron chi connectivity index (χ1n) is 4.22. The molecule has 3 heteroatoms. The molecule has 11 heavy (non-hydrogen) atoms.